The van der Waals surface area contributed by atoms with Crippen molar-refractivity contribution < 1.29 is 4.79 Å². The Bertz CT molecular complexity index is 510. The van der Waals surface area contributed by atoms with Crippen molar-refractivity contribution in [2.75, 3.05) is 13.6 Å². The lowest BCUT2D eigenvalue weighted by Crippen LogP contribution is -2.35. The van der Waals surface area contributed by atoms with Crippen molar-refractivity contribution in [3.63, 3.8) is 0 Å². The number of carbonyl (C=O) groups excluding carboxylic acids is 1. The van der Waals surface area contributed by atoms with E-state index in [9.17, 15) is 4.79 Å². The van der Waals surface area contributed by atoms with Crippen LogP contribution in [0, 0.1) is 11.8 Å². The number of hydrogen-bond donors (Lipinski definition) is 1. The van der Waals surface area contributed by atoms with Crippen molar-refractivity contribution in [3.05, 3.63) is 29.6 Å². The molecule has 2 rings (SSSR count). The molecule has 0 bridgehead atoms. The lowest BCUT2D eigenvalue weighted by molar-refractivity contribution is 0.0734. The standard InChI is InChI=1S/C15H19N3O/c1-18(14-6-2-3-7-14)15(19)13-9-12(5-4-8-16)10-17-11-13/h9-11,14H,2-3,6-8,16H2,1H3. The second-order valence-corrected chi connectivity index (χ2v) is 4.82. The molecular weight excluding hydrogens is 238 g/mol. The van der Waals surface area contributed by atoms with E-state index in [2.05, 4.69) is 16.8 Å². The molecule has 0 unspecified atom stereocenters. The van der Waals surface area contributed by atoms with Crippen LogP contribution in [0.2, 0.25) is 0 Å². The summed E-state index contributed by atoms with van der Waals surface area (Å²) >= 11 is 0. The van der Waals surface area contributed by atoms with E-state index in [4.69, 9.17) is 5.73 Å². The van der Waals surface area contributed by atoms with Crippen molar-refractivity contribution in [1.82, 2.24) is 9.88 Å². The van der Waals surface area contributed by atoms with Gasteiger partial charge in [-0.05, 0) is 18.9 Å². The van der Waals surface area contributed by atoms with Gasteiger partial charge >= 0.3 is 0 Å². The second-order valence-electron chi connectivity index (χ2n) is 4.82. The minimum absolute atomic E-state index is 0.0239. The maximum atomic E-state index is 12.4. The smallest absolute Gasteiger partial charge is 0.255 e. The molecule has 0 aliphatic heterocycles. The summed E-state index contributed by atoms with van der Waals surface area (Å²) in [5, 5.41) is 0. The molecule has 4 heteroatoms. The molecule has 0 radical (unpaired) electrons. The first kappa shape index (κ1) is 13.6. The lowest BCUT2D eigenvalue weighted by atomic mass is 10.1. The van der Waals surface area contributed by atoms with Gasteiger partial charge in [0.05, 0.1) is 12.1 Å². The first-order valence-corrected chi connectivity index (χ1v) is 6.63. The van der Waals surface area contributed by atoms with Crippen LogP contribution < -0.4 is 5.73 Å². The summed E-state index contributed by atoms with van der Waals surface area (Å²) in [5.74, 6) is 5.69. The van der Waals surface area contributed by atoms with Crippen LogP contribution in [0.15, 0.2) is 18.5 Å². The largest absolute Gasteiger partial charge is 0.339 e. The van der Waals surface area contributed by atoms with Gasteiger partial charge in [0.2, 0.25) is 0 Å². The Labute approximate surface area is 114 Å². The molecule has 1 aliphatic rings. The van der Waals surface area contributed by atoms with E-state index in [1.165, 1.54) is 12.8 Å². The highest BCUT2D eigenvalue weighted by atomic mass is 16.2. The Morgan fingerprint density at radius 3 is 2.89 bits per heavy atom. The van der Waals surface area contributed by atoms with E-state index < -0.39 is 0 Å². The zero-order valence-corrected chi connectivity index (χ0v) is 11.2. The van der Waals surface area contributed by atoms with Crippen LogP contribution in [0.4, 0.5) is 0 Å². The van der Waals surface area contributed by atoms with Gasteiger partial charge in [0, 0.05) is 31.0 Å². The SMILES string of the molecule is CN(C(=O)c1cncc(C#CCN)c1)C1CCCC1. The van der Waals surface area contributed by atoms with Crippen LogP contribution in [0.25, 0.3) is 0 Å². The van der Waals surface area contributed by atoms with Crippen LogP contribution in [0.3, 0.4) is 0 Å². The summed E-state index contributed by atoms with van der Waals surface area (Å²) in [6, 6.07) is 2.15. The summed E-state index contributed by atoms with van der Waals surface area (Å²) in [7, 11) is 1.87. The summed E-state index contributed by atoms with van der Waals surface area (Å²) in [4.78, 5) is 18.3. The van der Waals surface area contributed by atoms with E-state index in [-0.39, 0.29) is 5.91 Å². The van der Waals surface area contributed by atoms with E-state index >= 15 is 0 Å². The second kappa shape index (κ2) is 6.35. The number of amides is 1. The third-order valence-electron chi connectivity index (χ3n) is 3.51. The predicted molar refractivity (Wildman–Crippen MR) is 74.5 cm³/mol. The molecule has 1 aromatic heterocycles. The molecule has 1 heterocycles. The maximum absolute atomic E-state index is 12.4. The third kappa shape index (κ3) is 3.33. The van der Waals surface area contributed by atoms with E-state index in [1.807, 2.05) is 11.9 Å². The number of carbonyl (C=O) groups is 1. The van der Waals surface area contributed by atoms with Gasteiger partial charge in [-0.1, -0.05) is 24.7 Å². The number of hydrogen-bond acceptors (Lipinski definition) is 3. The van der Waals surface area contributed by atoms with Crippen LogP contribution in [0.5, 0.6) is 0 Å². The summed E-state index contributed by atoms with van der Waals surface area (Å²) < 4.78 is 0. The number of nitrogens with two attached hydrogens (primary N) is 1. The summed E-state index contributed by atoms with van der Waals surface area (Å²) in [6.45, 7) is 0.306. The first-order chi connectivity index (χ1) is 9.22. The van der Waals surface area contributed by atoms with Crippen LogP contribution in [-0.4, -0.2) is 35.4 Å². The highest BCUT2D eigenvalue weighted by Crippen LogP contribution is 2.23. The van der Waals surface area contributed by atoms with Gasteiger partial charge in [-0.15, -0.1) is 0 Å². The first-order valence-electron chi connectivity index (χ1n) is 6.63. The fourth-order valence-electron chi connectivity index (χ4n) is 2.44. The number of nitrogens with zero attached hydrogens (tertiary/aromatic N) is 2. The molecule has 1 fully saturated rings. The van der Waals surface area contributed by atoms with Crippen molar-refractivity contribution in [2.24, 2.45) is 5.73 Å². The van der Waals surface area contributed by atoms with Gasteiger partial charge in [-0.2, -0.15) is 0 Å². The average Bonchev–Trinajstić information content (AvgIpc) is 2.98. The molecular formula is C15H19N3O. The molecule has 1 aliphatic carbocycles. The minimum Gasteiger partial charge on any atom is -0.339 e. The fraction of sp³-hybridized carbons (Fsp3) is 0.467. The molecule has 0 spiro atoms. The number of rotatable bonds is 2. The Morgan fingerprint density at radius 1 is 1.47 bits per heavy atom. The third-order valence-corrected chi connectivity index (χ3v) is 3.51. The molecule has 4 nitrogen and oxygen atoms in total. The molecule has 0 aromatic carbocycles. The molecule has 2 N–H and O–H groups in total. The van der Waals surface area contributed by atoms with Crippen LogP contribution in [0.1, 0.15) is 41.6 Å². The number of aromatic nitrogens is 1. The molecule has 1 amide bonds. The van der Waals surface area contributed by atoms with E-state index in [0.29, 0.717) is 18.2 Å². The number of pyridine rings is 1. The topological polar surface area (TPSA) is 59.2 Å². The van der Waals surface area contributed by atoms with Gasteiger partial charge in [-0.25, -0.2) is 0 Å². The Hall–Kier alpha value is -1.86. The molecule has 1 saturated carbocycles. The van der Waals surface area contributed by atoms with Crippen molar-refractivity contribution >= 4 is 5.91 Å². The van der Waals surface area contributed by atoms with E-state index in [1.54, 1.807) is 18.5 Å². The van der Waals surface area contributed by atoms with Crippen LogP contribution in [-0.2, 0) is 0 Å². The molecule has 0 atom stereocenters. The minimum atomic E-state index is 0.0239. The van der Waals surface area contributed by atoms with Crippen molar-refractivity contribution in [2.45, 2.75) is 31.7 Å². The summed E-state index contributed by atoms with van der Waals surface area (Å²) in [5.41, 5.74) is 6.66. The monoisotopic (exact) mass is 257 g/mol. The summed E-state index contributed by atoms with van der Waals surface area (Å²) in [6.07, 6.45) is 7.87. The Balaban J connectivity index is 2.14. The highest BCUT2D eigenvalue weighted by molar-refractivity contribution is 5.94. The zero-order valence-electron chi connectivity index (χ0n) is 11.2. The van der Waals surface area contributed by atoms with Gasteiger partial charge in [0.25, 0.3) is 5.91 Å². The van der Waals surface area contributed by atoms with Gasteiger partial charge in [-0.3, -0.25) is 9.78 Å². The van der Waals surface area contributed by atoms with Crippen molar-refractivity contribution in [3.8, 4) is 11.8 Å². The molecule has 19 heavy (non-hydrogen) atoms. The molecule has 1 aromatic rings. The lowest BCUT2D eigenvalue weighted by Gasteiger charge is -2.24. The van der Waals surface area contributed by atoms with Gasteiger partial charge in [0.15, 0.2) is 0 Å². The van der Waals surface area contributed by atoms with Gasteiger partial charge < -0.3 is 10.6 Å². The van der Waals surface area contributed by atoms with Crippen molar-refractivity contribution in [1.29, 1.82) is 0 Å². The highest BCUT2D eigenvalue weighted by Gasteiger charge is 2.24. The quantitative estimate of drug-likeness (QED) is 0.815. The fourth-order valence-corrected chi connectivity index (χ4v) is 2.44. The van der Waals surface area contributed by atoms with Crippen LogP contribution >= 0.6 is 0 Å². The predicted octanol–water partition coefficient (Wildman–Crippen LogP) is 1.41. The Kier molecular flexibility index (Phi) is 4.53. The normalized spacial score (nSPS) is 14.8. The zero-order chi connectivity index (χ0) is 13.7. The molecule has 0 saturated heterocycles. The molecule has 100 valence electrons. The average molecular weight is 257 g/mol. The Morgan fingerprint density at radius 2 is 2.21 bits per heavy atom. The van der Waals surface area contributed by atoms with E-state index in [0.717, 1.165) is 18.4 Å². The maximum Gasteiger partial charge on any atom is 0.255 e. The van der Waals surface area contributed by atoms with Gasteiger partial charge in [0.1, 0.15) is 0 Å².